The highest BCUT2D eigenvalue weighted by Gasteiger charge is 2.30. The van der Waals surface area contributed by atoms with Gasteiger partial charge < -0.3 is 20.3 Å². The maximum atomic E-state index is 14.8. The first kappa shape index (κ1) is 27.5. The molecule has 41 heavy (non-hydrogen) atoms. The predicted octanol–water partition coefficient (Wildman–Crippen LogP) is 5.57. The van der Waals surface area contributed by atoms with Crippen LogP contribution in [-0.2, 0) is 4.79 Å². The number of carbonyl (C=O) groups excluding carboxylic acids is 1. The van der Waals surface area contributed by atoms with Crippen molar-refractivity contribution in [1.29, 1.82) is 0 Å². The molecule has 1 unspecified atom stereocenters. The maximum Gasteiger partial charge on any atom is 0.239 e. The van der Waals surface area contributed by atoms with E-state index in [9.17, 15) is 13.6 Å². The predicted molar refractivity (Wildman–Crippen MR) is 156 cm³/mol. The average Bonchev–Trinajstić information content (AvgIpc) is 3.68. The Balaban J connectivity index is 1.14. The third-order valence-corrected chi connectivity index (χ3v) is 9.33. The van der Waals surface area contributed by atoms with Crippen molar-refractivity contribution in [1.82, 2.24) is 24.6 Å². The SMILES string of the molecule is COc1ccc(-c2cnc3c(Nc4ccc(SC5CCN(C(=O)C6CCCN6)CC5)c(C)c4)nccn23)c(F)c1F. The highest BCUT2D eigenvalue weighted by atomic mass is 32.2. The summed E-state index contributed by atoms with van der Waals surface area (Å²) < 4.78 is 35.7. The van der Waals surface area contributed by atoms with Crippen LogP contribution in [0.4, 0.5) is 20.3 Å². The molecular formula is C30H32F2N6O2S. The van der Waals surface area contributed by atoms with Crippen molar-refractivity contribution < 1.29 is 18.3 Å². The van der Waals surface area contributed by atoms with Gasteiger partial charge in [0, 0.05) is 46.9 Å². The molecule has 11 heteroatoms. The van der Waals surface area contributed by atoms with Gasteiger partial charge in [0.15, 0.2) is 23.0 Å². The van der Waals surface area contributed by atoms with Crippen molar-refractivity contribution in [3.8, 4) is 17.0 Å². The fourth-order valence-corrected chi connectivity index (χ4v) is 6.78. The van der Waals surface area contributed by atoms with Gasteiger partial charge in [-0.15, -0.1) is 11.8 Å². The van der Waals surface area contributed by atoms with E-state index in [4.69, 9.17) is 4.74 Å². The summed E-state index contributed by atoms with van der Waals surface area (Å²) in [5, 5.41) is 7.11. The van der Waals surface area contributed by atoms with Crippen molar-refractivity contribution >= 4 is 34.8 Å². The number of amides is 1. The smallest absolute Gasteiger partial charge is 0.239 e. The monoisotopic (exact) mass is 578 g/mol. The van der Waals surface area contributed by atoms with Gasteiger partial charge in [-0.25, -0.2) is 14.4 Å². The zero-order valence-electron chi connectivity index (χ0n) is 23.0. The van der Waals surface area contributed by atoms with Crippen LogP contribution in [0.5, 0.6) is 5.75 Å². The maximum absolute atomic E-state index is 14.8. The van der Waals surface area contributed by atoms with Crippen LogP contribution in [0, 0.1) is 18.6 Å². The van der Waals surface area contributed by atoms with Crippen molar-refractivity contribution in [2.45, 2.75) is 48.8 Å². The van der Waals surface area contributed by atoms with Crippen molar-refractivity contribution in [2.75, 3.05) is 32.1 Å². The number of nitrogens with zero attached hydrogens (tertiary/aromatic N) is 4. The third-order valence-electron chi connectivity index (χ3n) is 7.81. The zero-order valence-corrected chi connectivity index (χ0v) is 23.8. The summed E-state index contributed by atoms with van der Waals surface area (Å²) in [6, 6.07) is 9.06. The van der Waals surface area contributed by atoms with E-state index in [1.165, 1.54) is 30.3 Å². The molecule has 2 N–H and O–H groups in total. The van der Waals surface area contributed by atoms with Crippen molar-refractivity contribution in [3.05, 3.63) is 66.1 Å². The number of carbonyl (C=O) groups is 1. The second-order valence-corrected chi connectivity index (χ2v) is 11.8. The summed E-state index contributed by atoms with van der Waals surface area (Å²) in [6.45, 7) is 4.64. The molecule has 0 spiro atoms. The number of methoxy groups -OCH3 is 1. The standard InChI is InChI=1S/C30H32F2N6O2S/c1-18-16-19(5-8-25(18)41-20-9-13-37(14-10-20)30(39)22-4-3-11-33-22)36-28-29-35-17-23(38(29)15-12-34-28)21-6-7-24(40-2)27(32)26(21)31/h5-8,12,15-17,20,22,33H,3-4,9-11,13-14H2,1-2H3,(H,34,36). The van der Waals surface area contributed by atoms with Crippen LogP contribution in [-0.4, -0.2) is 63.2 Å². The number of likely N-dealkylation sites (tertiary alicyclic amines) is 1. The quantitative estimate of drug-likeness (QED) is 0.297. The van der Waals surface area contributed by atoms with E-state index in [1.54, 1.807) is 16.8 Å². The van der Waals surface area contributed by atoms with Gasteiger partial charge in [-0.3, -0.25) is 9.20 Å². The number of nitrogens with one attached hydrogen (secondary N) is 2. The van der Waals surface area contributed by atoms with E-state index < -0.39 is 11.6 Å². The molecule has 1 amide bonds. The highest BCUT2D eigenvalue weighted by Crippen LogP contribution is 2.35. The summed E-state index contributed by atoms with van der Waals surface area (Å²) >= 11 is 1.87. The summed E-state index contributed by atoms with van der Waals surface area (Å²) in [5.74, 6) is -1.43. The summed E-state index contributed by atoms with van der Waals surface area (Å²) in [5.41, 5.74) is 2.96. The van der Waals surface area contributed by atoms with Gasteiger partial charge in [0.05, 0.1) is 25.0 Å². The Hall–Kier alpha value is -3.70. The summed E-state index contributed by atoms with van der Waals surface area (Å²) in [6.07, 6.45) is 8.74. The number of hydrogen-bond donors (Lipinski definition) is 2. The minimum Gasteiger partial charge on any atom is -0.494 e. The molecule has 0 saturated carbocycles. The fraction of sp³-hybridized carbons (Fsp3) is 0.367. The van der Waals surface area contributed by atoms with E-state index in [1.807, 2.05) is 22.7 Å². The molecule has 4 heterocycles. The van der Waals surface area contributed by atoms with Gasteiger partial charge >= 0.3 is 0 Å². The number of anilines is 2. The highest BCUT2D eigenvalue weighted by molar-refractivity contribution is 8.00. The number of halogens is 2. The Morgan fingerprint density at radius 2 is 1.95 bits per heavy atom. The topological polar surface area (TPSA) is 83.8 Å². The second-order valence-electron chi connectivity index (χ2n) is 10.5. The number of fused-ring (bicyclic) bond motifs is 1. The Morgan fingerprint density at radius 1 is 1.12 bits per heavy atom. The van der Waals surface area contributed by atoms with Gasteiger partial charge in [0.25, 0.3) is 0 Å². The first-order chi connectivity index (χ1) is 19.9. The van der Waals surface area contributed by atoms with Crippen molar-refractivity contribution in [2.24, 2.45) is 0 Å². The zero-order chi connectivity index (χ0) is 28.5. The lowest BCUT2D eigenvalue weighted by molar-refractivity contribution is -0.133. The minimum atomic E-state index is -1.04. The lowest BCUT2D eigenvalue weighted by Crippen LogP contribution is -2.47. The summed E-state index contributed by atoms with van der Waals surface area (Å²) in [7, 11) is 1.30. The number of thioether (sulfide) groups is 1. The Morgan fingerprint density at radius 3 is 2.68 bits per heavy atom. The molecule has 1 atom stereocenters. The van der Waals surface area contributed by atoms with E-state index in [2.05, 4.69) is 39.7 Å². The number of benzene rings is 2. The fourth-order valence-electron chi connectivity index (χ4n) is 5.58. The lowest BCUT2D eigenvalue weighted by Gasteiger charge is -2.33. The average molecular weight is 579 g/mol. The molecule has 0 aliphatic carbocycles. The summed E-state index contributed by atoms with van der Waals surface area (Å²) in [4.78, 5) is 24.8. The van der Waals surface area contributed by atoms with Gasteiger partial charge in [-0.05, 0) is 75.0 Å². The molecule has 2 aromatic carbocycles. The van der Waals surface area contributed by atoms with Crippen LogP contribution in [0.25, 0.3) is 16.9 Å². The molecule has 2 aromatic heterocycles. The molecule has 0 radical (unpaired) electrons. The van der Waals surface area contributed by atoms with E-state index in [0.29, 0.717) is 22.4 Å². The normalized spacial score (nSPS) is 17.8. The molecule has 2 fully saturated rings. The van der Waals surface area contributed by atoms with Crippen molar-refractivity contribution in [3.63, 3.8) is 0 Å². The Bertz CT molecular complexity index is 1580. The molecule has 4 aromatic rings. The van der Waals surface area contributed by atoms with Crippen LogP contribution in [0.15, 0.2) is 53.8 Å². The molecule has 0 bridgehead atoms. The molecular weight excluding hydrogens is 546 g/mol. The number of aryl methyl sites for hydroxylation is 1. The number of aromatic nitrogens is 3. The number of hydrogen-bond acceptors (Lipinski definition) is 7. The minimum absolute atomic E-state index is 0.00186. The molecule has 8 nitrogen and oxygen atoms in total. The van der Waals surface area contributed by atoms with Gasteiger partial charge in [0.1, 0.15) is 0 Å². The largest absolute Gasteiger partial charge is 0.494 e. The molecule has 2 aliphatic rings. The van der Waals surface area contributed by atoms with Gasteiger partial charge in [0.2, 0.25) is 11.7 Å². The van der Waals surface area contributed by atoms with Gasteiger partial charge in [-0.2, -0.15) is 4.39 Å². The van der Waals surface area contributed by atoms with Crippen LogP contribution in [0.3, 0.4) is 0 Å². The van der Waals surface area contributed by atoms with E-state index in [-0.39, 0.29) is 23.3 Å². The number of piperidine rings is 1. The first-order valence-corrected chi connectivity index (χ1v) is 14.7. The number of rotatable bonds is 7. The van der Waals surface area contributed by atoms with Crippen LogP contribution in [0.1, 0.15) is 31.2 Å². The number of imidazole rings is 1. The lowest BCUT2D eigenvalue weighted by atomic mass is 10.1. The van der Waals surface area contributed by atoms with Gasteiger partial charge in [-0.1, -0.05) is 0 Å². The Kier molecular flexibility index (Phi) is 7.81. The molecule has 2 aliphatic heterocycles. The second kappa shape index (κ2) is 11.7. The molecule has 214 valence electrons. The van der Waals surface area contributed by atoms with E-state index >= 15 is 0 Å². The first-order valence-electron chi connectivity index (χ1n) is 13.8. The number of ether oxygens (including phenoxy) is 1. The molecule has 6 rings (SSSR count). The molecule has 2 saturated heterocycles. The van der Waals surface area contributed by atoms with Crippen LogP contribution in [0.2, 0.25) is 0 Å². The van der Waals surface area contributed by atoms with E-state index in [0.717, 1.165) is 56.6 Å². The third kappa shape index (κ3) is 5.48. The van der Waals surface area contributed by atoms with Crippen LogP contribution < -0.4 is 15.4 Å². The van der Waals surface area contributed by atoms with Crippen LogP contribution >= 0.6 is 11.8 Å². The Labute approximate surface area is 241 Å².